The van der Waals surface area contributed by atoms with Crippen LogP contribution in [-0.2, 0) is 0 Å². The number of anilines is 1. The quantitative estimate of drug-likeness (QED) is 0.886. The molecule has 0 unspecified atom stereocenters. The van der Waals surface area contributed by atoms with Crippen LogP contribution < -0.4 is 10.6 Å². The van der Waals surface area contributed by atoms with Gasteiger partial charge in [-0.25, -0.2) is 4.39 Å². The molecule has 4 heteroatoms. The second-order valence-corrected chi connectivity index (χ2v) is 5.28. The van der Waals surface area contributed by atoms with E-state index in [9.17, 15) is 4.39 Å². The molecule has 1 aromatic carbocycles. The summed E-state index contributed by atoms with van der Waals surface area (Å²) in [5.41, 5.74) is 8.41. The van der Waals surface area contributed by atoms with Crippen LogP contribution in [0.1, 0.15) is 43.4 Å². The molecule has 0 saturated heterocycles. The second-order valence-electron chi connectivity index (χ2n) is 5.28. The average Bonchev–Trinajstić information content (AvgIpc) is 3.17. The van der Waals surface area contributed by atoms with E-state index in [1.807, 2.05) is 13.0 Å². The smallest absolute Gasteiger partial charge is 0.126 e. The number of benzene rings is 1. The normalized spacial score (nSPS) is 15.9. The molecule has 0 aliphatic heterocycles. The van der Waals surface area contributed by atoms with Crippen LogP contribution >= 0.6 is 0 Å². The Morgan fingerprint density at radius 1 is 1.53 bits per heavy atom. The van der Waals surface area contributed by atoms with Crippen LogP contribution in [0.3, 0.4) is 0 Å². The minimum absolute atomic E-state index is 0.214. The third-order valence-electron chi connectivity index (χ3n) is 3.56. The highest BCUT2D eigenvalue weighted by atomic mass is 19.1. The highest BCUT2D eigenvalue weighted by Crippen LogP contribution is 2.36. The number of halogens is 1. The van der Waals surface area contributed by atoms with Crippen molar-refractivity contribution in [2.24, 2.45) is 5.73 Å². The summed E-state index contributed by atoms with van der Waals surface area (Å²) in [5.74, 6) is -0.216. The van der Waals surface area contributed by atoms with E-state index in [4.69, 9.17) is 11.0 Å². The van der Waals surface area contributed by atoms with E-state index in [2.05, 4.69) is 11.0 Å². The van der Waals surface area contributed by atoms with Gasteiger partial charge in [0.1, 0.15) is 5.82 Å². The fourth-order valence-electron chi connectivity index (χ4n) is 2.35. The fourth-order valence-corrected chi connectivity index (χ4v) is 2.35. The lowest BCUT2D eigenvalue weighted by molar-refractivity contribution is 0.611. The lowest BCUT2D eigenvalue weighted by Crippen LogP contribution is -2.29. The van der Waals surface area contributed by atoms with Gasteiger partial charge in [-0.3, -0.25) is 0 Å². The number of aryl methyl sites for hydroxylation is 1. The minimum Gasteiger partial charge on any atom is -0.367 e. The van der Waals surface area contributed by atoms with Crippen molar-refractivity contribution in [2.75, 3.05) is 11.4 Å². The summed E-state index contributed by atoms with van der Waals surface area (Å²) in [6.07, 6.45) is 2.76. The monoisotopic (exact) mass is 261 g/mol. The molecule has 0 aromatic heterocycles. The molecule has 1 saturated carbocycles. The van der Waals surface area contributed by atoms with Crippen LogP contribution in [0.5, 0.6) is 0 Å². The Hall–Kier alpha value is -1.60. The van der Waals surface area contributed by atoms with Gasteiger partial charge in [0.25, 0.3) is 0 Å². The zero-order chi connectivity index (χ0) is 14.0. The summed E-state index contributed by atoms with van der Waals surface area (Å²) in [7, 11) is 0. The molecule has 1 aliphatic rings. The number of rotatable bonds is 5. The molecule has 102 valence electrons. The number of nitriles is 1. The van der Waals surface area contributed by atoms with Crippen molar-refractivity contribution in [1.82, 2.24) is 0 Å². The van der Waals surface area contributed by atoms with Crippen LogP contribution in [0.15, 0.2) is 12.1 Å². The molecule has 2 rings (SSSR count). The number of nitrogens with zero attached hydrogens (tertiary/aromatic N) is 2. The predicted molar refractivity (Wildman–Crippen MR) is 74.3 cm³/mol. The van der Waals surface area contributed by atoms with Crippen molar-refractivity contribution in [3.05, 3.63) is 29.1 Å². The molecule has 3 nitrogen and oxygen atoms in total. The van der Waals surface area contributed by atoms with E-state index >= 15 is 0 Å². The van der Waals surface area contributed by atoms with Gasteiger partial charge in [0.2, 0.25) is 0 Å². The Morgan fingerprint density at radius 2 is 2.21 bits per heavy atom. The minimum atomic E-state index is -0.216. The Kier molecular flexibility index (Phi) is 4.06. The maximum atomic E-state index is 13.7. The number of hydrogen-bond acceptors (Lipinski definition) is 3. The van der Waals surface area contributed by atoms with Crippen molar-refractivity contribution >= 4 is 5.69 Å². The second kappa shape index (κ2) is 5.58. The van der Waals surface area contributed by atoms with Crippen LogP contribution in [0, 0.1) is 24.1 Å². The molecule has 0 radical (unpaired) electrons. The molecule has 1 atom stereocenters. The van der Waals surface area contributed by atoms with Gasteiger partial charge in [0.05, 0.1) is 12.5 Å². The number of hydrogen-bond donors (Lipinski definition) is 1. The largest absolute Gasteiger partial charge is 0.367 e. The molecule has 1 fully saturated rings. The number of nitrogens with two attached hydrogens (primary N) is 1. The van der Waals surface area contributed by atoms with Gasteiger partial charge in [0.15, 0.2) is 0 Å². The maximum absolute atomic E-state index is 13.7. The summed E-state index contributed by atoms with van der Waals surface area (Å²) < 4.78 is 13.7. The molecule has 0 amide bonds. The molecular formula is C15H20FN3. The molecule has 1 aliphatic carbocycles. The summed E-state index contributed by atoms with van der Waals surface area (Å²) in [6.45, 7) is 4.31. The first kappa shape index (κ1) is 13.8. The molecule has 19 heavy (non-hydrogen) atoms. The zero-order valence-corrected chi connectivity index (χ0v) is 11.5. The van der Waals surface area contributed by atoms with Gasteiger partial charge in [0, 0.05) is 24.3 Å². The Labute approximate surface area is 113 Å². The van der Waals surface area contributed by atoms with E-state index in [1.165, 1.54) is 6.07 Å². The van der Waals surface area contributed by atoms with Crippen LogP contribution in [0.2, 0.25) is 0 Å². The summed E-state index contributed by atoms with van der Waals surface area (Å²) >= 11 is 0. The molecule has 1 aromatic rings. The van der Waals surface area contributed by atoms with E-state index in [0.717, 1.165) is 24.1 Å². The van der Waals surface area contributed by atoms with Crippen LogP contribution in [0.25, 0.3) is 0 Å². The Morgan fingerprint density at radius 3 is 2.74 bits per heavy atom. The van der Waals surface area contributed by atoms with Crippen LogP contribution in [-0.4, -0.2) is 12.6 Å². The van der Waals surface area contributed by atoms with Gasteiger partial charge in [-0.05, 0) is 49.9 Å². The SMILES string of the molecule is Cc1cc(N(CCC#N)C2CC2)c([C@@H](C)N)cc1F. The average molecular weight is 261 g/mol. The molecular weight excluding hydrogens is 241 g/mol. The fraction of sp³-hybridized carbons (Fsp3) is 0.533. The topological polar surface area (TPSA) is 53.0 Å². The zero-order valence-electron chi connectivity index (χ0n) is 11.5. The van der Waals surface area contributed by atoms with Gasteiger partial charge >= 0.3 is 0 Å². The highest BCUT2D eigenvalue weighted by Gasteiger charge is 2.31. The van der Waals surface area contributed by atoms with E-state index < -0.39 is 0 Å². The molecule has 0 spiro atoms. The van der Waals surface area contributed by atoms with E-state index in [1.54, 1.807) is 6.92 Å². The first-order chi connectivity index (χ1) is 9.04. The highest BCUT2D eigenvalue weighted by molar-refractivity contribution is 5.58. The van der Waals surface area contributed by atoms with E-state index in [0.29, 0.717) is 24.6 Å². The summed E-state index contributed by atoms with van der Waals surface area (Å²) in [6, 6.07) is 5.85. The molecule has 2 N–H and O–H groups in total. The third-order valence-corrected chi connectivity index (χ3v) is 3.56. The Balaban J connectivity index is 2.39. The lowest BCUT2D eigenvalue weighted by atomic mass is 10.0. The van der Waals surface area contributed by atoms with Crippen molar-refractivity contribution < 1.29 is 4.39 Å². The van der Waals surface area contributed by atoms with Crippen LogP contribution in [0.4, 0.5) is 10.1 Å². The van der Waals surface area contributed by atoms with Crippen molar-refractivity contribution in [3.8, 4) is 6.07 Å². The lowest BCUT2D eigenvalue weighted by Gasteiger charge is -2.28. The first-order valence-electron chi connectivity index (χ1n) is 6.73. The standard InChI is InChI=1S/C15H20FN3/c1-10-8-15(13(11(2)18)9-14(10)16)19(7-3-6-17)12-4-5-12/h8-9,11-12H,3-5,7,18H2,1-2H3/t11-/m1/s1. The van der Waals surface area contributed by atoms with Gasteiger partial charge in [-0.15, -0.1) is 0 Å². The van der Waals surface area contributed by atoms with Crippen molar-refractivity contribution in [1.29, 1.82) is 5.26 Å². The summed E-state index contributed by atoms with van der Waals surface area (Å²) in [4.78, 5) is 2.22. The first-order valence-corrected chi connectivity index (χ1v) is 6.73. The predicted octanol–water partition coefficient (Wildman–Crippen LogP) is 3.04. The molecule has 0 bridgehead atoms. The molecule has 0 heterocycles. The third kappa shape index (κ3) is 3.05. The van der Waals surface area contributed by atoms with Gasteiger partial charge in [-0.1, -0.05) is 0 Å². The summed E-state index contributed by atoms with van der Waals surface area (Å²) in [5, 5.41) is 8.78. The van der Waals surface area contributed by atoms with Gasteiger partial charge in [-0.2, -0.15) is 5.26 Å². The van der Waals surface area contributed by atoms with Crippen molar-refractivity contribution in [2.45, 2.75) is 45.2 Å². The van der Waals surface area contributed by atoms with Crippen molar-refractivity contribution in [3.63, 3.8) is 0 Å². The maximum Gasteiger partial charge on any atom is 0.126 e. The Bertz CT molecular complexity index is 501. The van der Waals surface area contributed by atoms with E-state index in [-0.39, 0.29) is 11.9 Å². The van der Waals surface area contributed by atoms with Gasteiger partial charge < -0.3 is 10.6 Å².